The van der Waals surface area contributed by atoms with Crippen molar-refractivity contribution in [3.63, 3.8) is 0 Å². The van der Waals surface area contributed by atoms with Gasteiger partial charge >= 0.3 is 0 Å². The summed E-state index contributed by atoms with van der Waals surface area (Å²) in [6.45, 7) is 2.25. The second-order valence-electron chi connectivity index (χ2n) is 4.82. The van der Waals surface area contributed by atoms with Crippen LogP contribution in [0.25, 0.3) is 0 Å². The molecule has 0 fully saturated rings. The number of aryl methyl sites for hydroxylation is 1. The maximum atomic E-state index is 13.4. The van der Waals surface area contributed by atoms with Crippen molar-refractivity contribution in [3.05, 3.63) is 70.5 Å². The number of rotatable bonds is 5. The fraction of sp³-hybridized carbons (Fsp3) is 0.158. The average molecular weight is 324 g/mol. The minimum atomic E-state index is -0.360. The summed E-state index contributed by atoms with van der Waals surface area (Å²) in [6.07, 6.45) is 2.92. The van der Waals surface area contributed by atoms with Crippen LogP contribution in [0.3, 0.4) is 0 Å². The number of hydrogen-bond donors (Lipinski definition) is 0. The molecular weight excluding hydrogens is 307 g/mol. The van der Waals surface area contributed by atoms with Crippen LogP contribution >= 0.6 is 0 Å². The molecule has 0 aliphatic rings. The normalized spacial score (nSPS) is 10.6. The van der Waals surface area contributed by atoms with E-state index in [0.29, 0.717) is 5.56 Å². The highest BCUT2D eigenvalue weighted by Gasteiger charge is 2.04. The quantitative estimate of drug-likeness (QED) is 0.478. The van der Waals surface area contributed by atoms with E-state index in [1.165, 1.54) is 19.4 Å². The fourth-order valence-corrected chi connectivity index (χ4v) is 1.99. The molecule has 0 amide bonds. The molecule has 122 valence electrons. The Bertz CT molecular complexity index is 804. The van der Waals surface area contributed by atoms with Crippen molar-refractivity contribution in [2.75, 3.05) is 7.11 Å². The van der Waals surface area contributed by atoms with E-state index in [9.17, 15) is 4.39 Å². The minimum Gasteiger partial charge on any atom is -0.399 e. The number of nitrogens with zero attached hydrogens (tertiary/aromatic N) is 2. The third-order valence-corrected chi connectivity index (χ3v) is 3.23. The van der Waals surface area contributed by atoms with Crippen molar-refractivity contribution in [2.45, 2.75) is 13.5 Å². The number of benzene rings is 2. The van der Waals surface area contributed by atoms with Crippen molar-refractivity contribution in [1.29, 1.82) is 0 Å². The maximum Gasteiger partial charge on any atom is 0.143 e. The lowest BCUT2D eigenvalue weighted by Crippen LogP contribution is -1.98. The second kappa shape index (κ2) is 9.11. The first-order valence-corrected chi connectivity index (χ1v) is 7.27. The molecule has 0 saturated carbocycles. The highest BCUT2D eigenvalue weighted by atomic mass is 19.1. The average Bonchev–Trinajstić information content (AvgIpc) is 2.59. The molecule has 0 unspecified atom stereocenters. The molecule has 0 heterocycles. The molecule has 0 bridgehead atoms. The monoisotopic (exact) mass is 324 g/mol. The standard InChI is InChI=1S/C19H17FN2O2/c1-15-7-5-9-17(13-22-23-2)18(15)14-24-21-12-6-10-16-8-3-4-11-19(16)20/h3-5,7-9,11-13H,14H2,1-2H3/b21-12+,22-13-. The van der Waals surface area contributed by atoms with Crippen LogP contribution in [0.5, 0.6) is 0 Å². The molecule has 0 aliphatic carbocycles. The molecule has 0 saturated heterocycles. The van der Waals surface area contributed by atoms with Crippen molar-refractivity contribution >= 4 is 12.4 Å². The molecule has 0 N–H and O–H groups in total. The van der Waals surface area contributed by atoms with Crippen LogP contribution in [0.2, 0.25) is 0 Å². The van der Waals surface area contributed by atoms with E-state index in [-0.39, 0.29) is 12.4 Å². The van der Waals surface area contributed by atoms with Crippen LogP contribution in [-0.2, 0) is 16.3 Å². The van der Waals surface area contributed by atoms with Gasteiger partial charge in [0.2, 0.25) is 0 Å². The van der Waals surface area contributed by atoms with Crippen LogP contribution in [0, 0.1) is 24.6 Å². The summed E-state index contributed by atoms with van der Waals surface area (Å²) < 4.78 is 13.4. The Hall–Kier alpha value is -3.13. The highest BCUT2D eigenvalue weighted by Crippen LogP contribution is 2.14. The van der Waals surface area contributed by atoms with Crippen molar-refractivity contribution < 1.29 is 14.1 Å². The molecule has 0 aromatic heterocycles. The smallest absolute Gasteiger partial charge is 0.143 e. The Morgan fingerprint density at radius 2 is 1.96 bits per heavy atom. The largest absolute Gasteiger partial charge is 0.399 e. The zero-order valence-corrected chi connectivity index (χ0v) is 13.5. The van der Waals surface area contributed by atoms with Gasteiger partial charge in [0.1, 0.15) is 25.7 Å². The third-order valence-electron chi connectivity index (χ3n) is 3.23. The summed E-state index contributed by atoms with van der Waals surface area (Å²) in [6, 6.07) is 12.1. The van der Waals surface area contributed by atoms with Gasteiger partial charge in [-0.2, -0.15) is 0 Å². The molecule has 0 radical (unpaired) electrons. The van der Waals surface area contributed by atoms with E-state index in [2.05, 4.69) is 22.2 Å². The first-order chi connectivity index (χ1) is 11.7. The van der Waals surface area contributed by atoms with Crippen LogP contribution in [0.4, 0.5) is 4.39 Å². The molecular formula is C19H17FN2O2. The van der Waals surface area contributed by atoms with Gasteiger partial charge in [-0.25, -0.2) is 4.39 Å². The predicted octanol–water partition coefficient (Wildman–Crippen LogP) is 3.67. The van der Waals surface area contributed by atoms with Gasteiger partial charge in [0.05, 0.1) is 11.8 Å². The SMILES string of the molecule is CO/N=C\c1cccc(C)c1CO/N=C/C#Cc1ccccc1F. The van der Waals surface area contributed by atoms with Crippen LogP contribution < -0.4 is 0 Å². The lowest BCUT2D eigenvalue weighted by molar-refractivity contribution is 0.132. The highest BCUT2D eigenvalue weighted by molar-refractivity contribution is 5.82. The molecule has 24 heavy (non-hydrogen) atoms. The number of oxime groups is 2. The molecule has 4 nitrogen and oxygen atoms in total. The van der Waals surface area contributed by atoms with Gasteiger partial charge in [-0.3, -0.25) is 0 Å². The molecule has 5 heteroatoms. The van der Waals surface area contributed by atoms with E-state index in [1.807, 2.05) is 25.1 Å². The van der Waals surface area contributed by atoms with Crippen LogP contribution in [0.15, 0.2) is 52.8 Å². The zero-order chi connectivity index (χ0) is 17.2. The summed E-state index contributed by atoms with van der Waals surface area (Å²) in [7, 11) is 1.49. The van der Waals surface area contributed by atoms with Crippen LogP contribution in [-0.4, -0.2) is 19.5 Å². The summed E-state index contributed by atoms with van der Waals surface area (Å²) in [5.74, 6) is 4.95. The van der Waals surface area contributed by atoms with Gasteiger partial charge in [-0.15, -0.1) is 0 Å². The number of halogens is 1. The lowest BCUT2D eigenvalue weighted by Gasteiger charge is -2.07. The Kier molecular flexibility index (Phi) is 6.54. The summed E-state index contributed by atoms with van der Waals surface area (Å²) >= 11 is 0. The Balaban J connectivity index is 1.98. The topological polar surface area (TPSA) is 43.2 Å². The minimum absolute atomic E-state index is 0.273. The molecule has 0 spiro atoms. The molecule has 0 atom stereocenters. The van der Waals surface area contributed by atoms with E-state index in [4.69, 9.17) is 9.68 Å². The Morgan fingerprint density at radius 1 is 1.12 bits per heavy atom. The van der Waals surface area contributed by atoms with E-state index < -0.39 is 0 Å². The van der Waals surface area contributed by atoms with Crippen LogP contribution in [0.1, 0.15) is 22.3 Å². The van der Waals surface area contributed by atoms with E-state index in [0.717, 1.165) is 16.7 Å². The first-order valence-electron chi connectivity index (χ1n) is 7.27. The predicted molar refractivity (Wildman–Crippen MR) is 92.3 cm³/mol. The summed E-state index contributed by atoms with van der Waals surface area (Å²) in [5.41, 5.74) is 3.23. The first kappa shape index (κ1) is 17.2. The summed E-state index contributed by atoms with van der Waals surface area (Å²) in [5, 5.41) is 7.54. The number of hydrogen-bond acceptors (Lipinski definition) is 4. The zero-order valence-electron chi connectivity index (χ0n) is 13.5. The van der Waals surface area contributed by atoms with Crippen molar-refractivity contribution in [2.24, 2.45) is 10.3 Å². The van der Waals surface area contributed by atoms with Crippen molar-refractivity contribution in [1.82, 2.24) is 0 Å². The molecule has 2 aromatic rings. The van der Waals surface area contributed by atoms with E-state index in [1.54, 1.807) is 24.4 Å². The maximum absolute atomic E-state index is 13.4. The second-order valence-corrected chi connectivity index (χ2v) is 4.82. The molecule has 2 aromatic carbocycles. The third kappa shape index (κ3) is 4.96. The van der Waals surface area contributed by atoms with Gasteiger partial charge in [0.25, 0.3) is 0 Å². The van der Waals surface area contributed by atoms with Crippen molar-refractivity contribution in [3.8, 4) is 11.8 Å². The fourth-order valence-electron chi connectivity index (χ4n) is 1.99. The van der Waals surface area contributed by atoms with E-state index >= 15 is 0 Å². The van der Waals surface area contributed by atoms with Gasteiger partial charge in [0.15, 0.2) is 0 Å². The Morgan fingerprint density at radius 3 is 2.75 bits per heavy atom. The molecule has 2 rings (SSSR count). The lowest BCUT2D eigenvalue weighted by atomic mass is 10.0. The van der Waals surface area contributed by atoms with Gasteiger partial charge in [-0.1, -0.05) is 46.6 Å². The van der Waals surface area contributed by atoms with Gasteiger partial charge < -0.3 is 9.68 Å². The molecule has 0 aliphatic heterocycles. The summed E-state index contributed by atoms with van der Waals surface area (Å²) in [4.78, 5) is 9.96. The van der Waals surface area contributed by atoms with Gasteiger partial charge in [0, 0.05) is 11.1 Å². The van der Waals surface area contributed by atoms with Gasteiger partial charge in [-0.05, 0) is 30.5 Å². The Labute approximate surface area is 140 Å².